The van der Waals surface area contributed by atoms with E-state index in [1.165, 1.54) is 18.2 Å². The molecule has 0 radical (unpaired) electrons. The van der Waals surface area contributed by atoms with E-state index in [-0.39, 0.29) is 5.69 Å². The molecule has 2 heterocycles. The van der Waals surface area contributed by atoms with Crippen molar-refractivity contribution in [1.82, 2.24) is 30.5 Å². The van der Waals surface area contributed by atoms with E-state index in [2.05, 4.69) is 25.7 Å². The minimum Gasteiger partial charge on any atom is -0.361 e. The average molecular weight is 560 g/mol. The molecular weight excluding hydrogens is 533 g/mol. The first-order chi connectivity index (χ1) is 19.1. The van der Waals surface area contributed by atoms with Gasteiger partial charge >= 0.3 is 0 Å². The van der Waals surface area contributed by atoms with E-state index in [1.807, 2.05) is 45.0 Å². The summed E-state index contributed by atoms with van der Waals surface area (Å²) >= 11 is 5.98. The Kier molecular flexibility index (Phi) is 7.36. The number of rotatable bonds is 7. The highest BCUT2D eigenvalue weighted by atomic mass is 35.5. The van der Waals surface area contributed by atoms with Gasteiger partial charge in [0.2, 0.25) is 11.7 Å². The molecule has 204 valence electrons. The van der Waals surface area contributed by atoms with Crippen molar-refractivity contribution in [2.24, 2.45) is 0 Å². The zero-order valence-electron chi connectivity index (χ0n) is 22.1. The summed E-state index contributed by atoms with van der Waals surface area (Å²) in [6, 6.07) is 18.9. The number of para-hydroxylation sites is 2. The Balaban J connectivity index is 1.59. The second kappa shape index (κ2) is 10.9. The molecule has 2 aromatic heterocycles. The lowest BCUT2D eigenvalue weighted by Gasteiger charge is -2.33. The number of aromatic nitrogens is 5. The van der Waals surface area contributed by atoms with Crippen molar-refractivity contribution < 1.29 is 14.0 Å². The van der Waals surface area contributed by atoms with Gasteiger partial charge in [-0.3, -0.25) is 14.5 Å². The highest BCUT2D eigenvalue weighted by molar-refractivity contribution is 6.30. The van der Waals surface area contributed by atoms with Crippen LogP contribution in [0, 0.1) is 5.82 Å². The second-order valence-electron chi connectivity index (χ2n) is 10.3. The maximum atomic E-state index is 15.3. The first-order valence-corrected chi connectivity index (χ1v) is 13.0. The first-order valence-electron chi connectivity index (χ1n) is 12.6. The fraction of sp³-hybridized carbons (Fsp3) is 0.207. The predicted molar refractivity (Wildman–Crippen MR) is 151 cm³/mol. The number of H-pyrrole nitrogens is 1. The molecular formula is C29H27ClFN7O2. The number of fused-ring (bicyclic) bond motifs is 1. The topological polar surface area (TPSA) is 109 Å². The largest absolute Gasteiger partial charge is 0.361 e. The maximum Gasteiger partial charge on any atom is 0.251 e. The van der Waals surface area contributed by atoms with E-state index in [0.717, 1.165) is 20.6 Å². The van der Waals surface area contributed by atoms with E-state index in [9.17, 15) is 9.59 Å². The molecule has 0 saturated carbocycles. The fourth-order valence-electron chi connectivity index (χ4n) is 4.44. The van der Waals surface area contributed by atoms with Crippen LogP contribution in [0.3, 0.4) is 0 Å². The van der Waals surface area contributed by atoms with Crippen LogP contribution in [0.2, 0.25) is 5.02 Å². The van der Waals surface area contributed by atoms with Gasteiger partial charge in [0.05, 0.1) is 5.69 Å². The SMILES string of the molecule is CC(C)(C)NC(=O)[C@H](c1c[nH]c2ccccc12)N(C(=O)Cn1nnc(-c2ccc(Cl)cc2)n1)c1ccccc1F. The van der Waals surface area contributed by atoms with Gasteiger partial charge in [-0.05, 0) is 68.4 Å². The number of nitrogens with one attached hydrogen (secondary N) is 2. The molecule has 40 heavy (non-hydrogen) atoms. The maximum absolute atomic E-state index is 15.3. The summed E-state index contributed by atoms with van der Waals surface area (Å²) in [5.41, 5.74) is 1.28. The molecule has 0 saturated heterocycles. The Bertz CT molecular complexity index is 1670. The molecule has 5 aromatic rings. The van der Waals surface area contributed by atoms with Gasteiger partial charge < -0.3 is 10.3 Å². The third-order valence-electron chi connectivity index (χ3n) is 6.13. The summed E-state index contributed by atoms with van der Waals surface area (Å²) in [5.74, 6) is -1.44. The minimum atomic E-state index is -1.21. The second-order valence-corrected chi connectivity index (χ2v) is 10.7. The number of anilines is 1. The molecule has 5 rings (SSSR count). The van der Waals surface area contributed by atoms with Crippen LogP contribution in [0.5, 0.6) is 0 Å². The Labute approximate surface area is 234 Å². The van der Waals surface area contributed by atoms with Crippen LogP contribution < -0.4 is 10.2 Å². The normalized spacial score (nSPS) is 12.3. The van der Waals surface area contributed by atoms with Crippen LogP contribution in [-0.4, -0.2) is 42.5 Å². The van der Waals surface area contributed by atoms with Crippen molar-refractivity contribution in [3.8, 4) is 11.4 Å². The molecule has 2 N–H and O–H groups in total. The highest BCUT2D eigenvalue weighted by Crippen LogP contribution is 2.34. The van der Waals surface area contributed by atoms with Crippen molar-refractivity contribution >= 4 is 40.0 Å². The molecule has 9 nitrogen and oxygen atoms in total. The van der Waals surface area contributed by atoms with Crippen LogP contribution in [0.25, 0.3) is 22.3 Å². The third kappa shape index (κ3) is 5.72. The summed E-state index contributed by atoms with van der Waals surface area (Å²) in [5, 5.41) is 16.7. The predicted octanol–water partition coefficient (Wildman–Crippen LogP) is 5.30. The lowest BCUT2D eigenvalue weighted by Crippen LogP contribution is -2.50. The summed E-state index contributed by atoms with van der Waals surface area (Å²) in [4.78, 5) is 33.4. The van der Waals surface area contributed by atoms with E-state index >= 15 is 4.39 Å². The van der Waals surface area contributed by atoms with Crippen molar-refractivity contribution in [3.63, 3.8) is 0 Å². The third-order valence-corrected chi connectivity index (χ3v) is 6.39. The first kappa shape index (κ1) is 27.0. The highest BCUT2D eigenvalue weighted by Gasteiger charge is 2.37. The van der Waals surface area contributed by atoms with Crippen LogP contribution in [-0.2, 0) is 16.1 Å². The Morgan fingerprint density at radius 2 is 1.75 bits per heavy atom. The van der Waals surface area contributed by atoms with Gasteiger partial charge in [0, 0.05) is 38.8 Å². The standard InChI is InChI=1S/C29H27ClFN7O2/c1-29(2,3)33-28(40)26(21-16-32-23-10-6-4-8-20(21)23)38(24-11-7-5-9-22(24)31)25(39)17-37-35-27(34-36-37)18-12-14-19(30)15-13-18/h4-16,26,32H,17H2,1-3H3,(H,33,40)/t26-/m0/s1. The zero-order valence-corrected chi connectivity index (χ0v) is 22.9. The number of hydrogen-bond donors (Lipinski definition) is 2. The fourth-order valence-corrected chi connectivity index (χ4v) is 4.57. The van der Waals surface area contributed by atoms with Gasteiger partial charge in [0.15, 0.2) is 0 Å². The molecule has 2 amide bonds. The van der Waals surface area contributed by atoms with Gasteiger partial charge in [-0.25, -0.2) is 4.39 Å². The molecule has 11 heteroatoms. The van der Waals surface area contributed by atoms with Crippen molar-refractivity contribution in [2.75, 3.05) is 4.90 Å². The van der Waals surface area contributed by atoms with E-state index < -0.39 is 35.8 Å². The number of halogens is 2. The monoisotopic (exact) mass is 559 g/mol. The zero-order chi connectivity index (χ0) is 28.4. The molecule has 0 aliphatic heterocycles. The molecule has 1 atom stereocenters. The minimum absolute atomic E-state index is 0.0510. The van der Waals surface area contributed by atoms with E-state index in [1.54, 1.807) is 36.5 Å². The number of carbonyl (C=O) groups excluding carboxylic acids is 2. The number of hydrogen-bond acceptors (Lipinski definition) is 5. The number of aromatic amines is 1. The van der Waals surface area contributed by atoms with Gasteiger partial charge in [-0.15, -0.1) is 10.2 Å². The molecule has 0 fully saturated rings. The Hall–Kier alpha value is -4.57. The van der Waals surface area contributed by atoms with Gasteiger partial charge in [-0.1, -0.05) is 41.9 Å². The average Bonchev–Trinajstić information content (AvgIpc) is 3.54. The van der Waals surface area contributed by atoms with Crippen molar-refractivity contribution in [2.45, 2.75) is 38.9 Å². The Morgan fingerprint density at radius 1 is 1.05 bits per heavy atom. The summed E-state index contributed by atoms with van der Waals surface area (Å²) < 4.78 is 15.3. The molecule has 0 spiro atoms. The summed E-state index contributed by atoms with van der Waals surface area (Å²) in [7, 11) is 0. The van der Waals surface area contributed by atoms with Crippen LogP contribution >= 0.6 is 11.6 Å². The number of tetrazole rings is 1. The molecule has 0 aliphatic carbocycles. The van der Waals surface area contributed by atoms with Gasteiger partial charge in [-0.2, -0.15) is 4.80 Å². The molecule has 3 aromatic carbocycles. The summed E-state index contributed by atoms with van der Waals surface area (Å²) in [6.07, 6.45) is 1.67. The summed E-state index contributed by atoms with van der Waals surface area (Å²) in [6.45, 7) is 5.12. The van der Waals surface area contributed by atoms with E-state index in [4.69, 9.17) is 11.6 Å². The molecule has 0 unspecified atom stereocenters. The molecule has 0 bridgehead atoms. The number of nitrogens with zero attached hydrogens (tertiary/aromatic N) is 5. The number of amides is 2. The lowest BCUT2D eigenvalue weighted by molar-refractivity contribution is -0.128. The van der Waals surface area contributed by atoms with Gasteiger partial charge in [0.25, 0.3) is 5.91 Å². The van der Waals surface area contributed by atoms with Crippen molar-refractivity contribution in [1.29, 1.82) is 0 Å². The lowest BCUT2D eigenvalue weighted by atomic mass is 10.00. The van der Waals surface area contributed by atoms with Crippen LogP contribution in [0.4, 0.5) is 10.1 Å². The smallest absolute Gasteiger partial charge is 0.251 e. The number of carbonyl (C=O) groups is 2. The molecule has 0 aliphatic rings. The van der Waals surface area contributed by atoms with Gasteiger partial charge in [0.1, 0.15) is 18.4 Å². The quantitative estimate of drug-likeness (QED) is 0.281. The Morgan fingerprint density at radius 3 is 2.48 bits per heavy atom. The number of benzene rings is 3. The van der Waals surface area contributed by atoms with Crippen molar-refractivity contribution in [3.05, 3.63) is 95.4 Å². The van der Waals surface area contributed by atoms with Crippen LogP contribution in [0.15, 0.2) is 79.0 Å². The van der Waals surface area contributed by atoms with Crippen LogP contribution in [0.1, 0.15) is 32.4 Å². The van der Waals surface area contributed by atoms with E-state index in [0.29, 0.717) is 22.0 Å².